The quantitative estimate of drug-likeness (QED) is 0.848. The van der Waals surface area contributed by atoms with Crippen molar-refractivity contribution in [2.45, 2.75) is 59.2 Å². The van der Waals surface area contributed by atoms with Gasteiger partial charge in [-0.15, -0.1) is 0 Å². The minimum atomic E-state index is -0.337. The van der Waals surface area contributed by atoms with E-state index in [-0.39, 0.29) is 12.2 Å². The van der Waals surface area contributed by atoms with Gasteiger partial charge < -0.3 is 14.9 Å². The Kier molecular flexibility index (Phi) is 3.53. The van der Waals surface area contributed by atoms with Crippen LogP contribution in [0.5, 0.6) is 11.5 Å². The van der Waals surface area contributed by atoms with Gasteiger partial charge in [-0.2, -0.15) is 0 Å². The number of fused-ring (bicyclic) bond motifs is 1. The lowest BCUT2D eigenvalue weighted by atomic mass is 9.90. The van der Waals surface area contributed by atoms with Crippen LogP contribution in [0.25, 0.3) is 0 Å². The van der Waals surface area contributed by atoms with E-state index in [1.54, 1.807) is 6.92 Å². The molecule has 0 fully saturated rings. The smallest absolute Gasteiger partial charge is 0.126 e. The average molecular weight is 250 g/mol. The van der Waals surface area contributed by atoms with Crippen molar-refractivity contribution >= 4 is 0 Å². The molecule has 0 saturated carbocycles. The van der Waals surface area contributed by atoms with Crippen LogP contribution in [-0.4, -0.2) is 22.4 Å². The highest BCUT2D eigenvalue weighted by Crippen LogP contribution is 2.41. The molecule has 3 heteroatoms. The molecule has 1 aliphatic heterocycles. The fourth-order valence-corrected chi connectivity index (χ4v) is 2.71. The molecule has 18 heavy (non-hydrogen) atoms. The summed E-state index contributed by atoms with van der Waals surface area (Å²) in [6.45, 7) is 7.63. The van der Waals surface area contributed by atoms with Crippen LogP contribution < -0.4 is 4.74 Å². The van der Waals surface area contributed by atoms with E-state index in [9.17, 15) is 10.2 Å². The first-order valence-corrected chi connectivity index (χ1v) is 6.58. The maximum Gasteiger partial charge on any atom is 0.126 e. The molecule has 1 heterocycles. The van der Waals surface area contributed by atoms with Crippen LogP contribution in [0.3, 0.4) is 0 Å². The summed E-state index contributed by atoms with van der Waals surface area (Å²) >= 11 is 0. The first-order chi connectivity index (χ1) is 8.41. The van der Waals surface area contributed by atoms with E-state index in [0.29, 0.717) is 12.2 Å². The van der Waals surface area contributed by atoms with Crippen LogP contribution in [0.15, 0.2) is 0 Å². The number of ether oxygens (including phenoxy) is 1. The second-order valence-corrected chi connectivity index (χ2v) is 5.39. The Morgan fingerprint density at radius 1 is 1.22 bits per heavy atom. The Bertz CT molecular complexity index is 464. The third-order valence-electron chi connectivity index (χ3n) is 3.95. The third-order valence-corrected chi connectivity index (χ3v) is 3.95. The Labute approximate surface area is 108 Å². The number of aliphatic hydroxyl groups is 1. The molecule has 0 aliphatic carbocycles. The van der Waals surface area contributed by atoms with Gasteiger partial charge in [-0.3, -0.25) is 0 Å². The molecule has 2 atom stereocenters. The zero-order valence-electron chi connectivity index (χ0n) is 11.6. The Morgan fingerprint density at radius 2 is 1.89 bits per heavy atom. The van der Waals surface area contributed by atoms with Crippen LogP contribution in [0.1, 0.15) is 42.0 Å². The number of phenolic OH excluding ortho intramolecular Hbond substituents is 1. The normalized spacial score (nSPS) is 20.2. The predicted molar refractivity (Wildman–Crippen MR) is 71.4 cm³/mol. The molecule has 0 radical (unpaired) electrons. The largest absolute Gasteiger partial charge is 0.507 e. The van der Waals surface area contributed by atoms with Crippen LogP contribution in [0.2, 0.25) is 0 Å². The lowest BCUT2D eigenvalue weighted by molar-refractivity contribution is 0.0917. The SMILES string of the molecule is Cc1c(C)c2c(c(C)c1O)CCC(CC(C)O)O2. The van der Waals surface area contributed by atoms with Crippen molar-refractivity contribution in [1.82, 2.24) is 0 Å². The lowest BCUT2D eigenvalue weighted by Gasteiger charge is -2.30. The van der Waals surface area contributed by atoms with Gasteiger partial charge >= 0.3 is 0 Å². The van der Waals surface area contributed by atoms with E-state index < -0.39 is 0 Å². The summed E-state index contributed by atoms with van der Waals surface area (Å²) in [5.74, 6) is 1.31. The first-order valence-electron chi connectivity index (χ1n) is 6.58. The molecule has 0 bridgehead atoms. The fourth-order valence-electron chi connectivity index (χ4n) is 2.71. The second-order valence-electron chi connectivity index (χ2n) is 5.39. The molecule has 100 valence electrons. The van der Waals surface area contributed by atoms with Crippen LogP contribution in [0, 0.1) is 20.8 Å². The number of hydrogen-bond acceptors (Lipinski definition) is 3. The zero-order valence-corrected chi connectivity index (χ0v) is 11.6. The Morgan fingerprint density at radius 3 is 2.50 bits per heavy atom. The molecule has 2 rings (SSSR count). The molecular formula is C15H22O3. The molecule has 1 aliphatic rings. The van der Waals surface area contributed by atoms with Crippen molar-refractivity contribution in [3.8, 4) is 11.5 Å². The van der Waals surface area contributed by atoms with Gasteiger partial charge in [-0.25, -0.2) is 0 Å². The molecule has 0 aromatic heterocycles. The van der Waals surface area contributed by atoms with Crippen molar-refractivity contribution in [3.05, 3.63) is 22.3 Å². The molecule has 1 aromatic carbocycles. The number of benzene rings is 1. The van der Waals surface area contributed by atoms with Crippen LogP contribution >= 0.6 is 0 Å². The number of aromatic hydroxyl groups is 1. The molecule has 0 saturated heterocycles. The summed E-state index contributed by atoms with van der Waals surface area (Å²) in [7, 11) is 0. The molecule has 0 spiro atoms. The van der Waals surface area contributed by atoms with Gasteiger partial charge in [0.15, 0.2) is 0 Å². The highest BCUT2D eigenvalue weighted by molar-refractivity contribution is 5.58. The topological polar surface area (TPSA) is 49.7 Å². The minimum Gasteiger partial charge on any atom is -0.507 e. The van der Waals surface area contributed by atoms with Gasteiger partial charge in [-0.1, -0.05) is 0 Å². The highest BCUT2D eigenvalue weighted by atomic mass is 16.5. The van der Waals surface area contributed by atoms with Gasteiger partial charge in [0.2, 0.25) is 0 Å². The maximum absolute atomic E-state index is 10.1. The Hall–Kier alpha value is -1.22. The van der Waals surface area contributed by atoms with Crippen molar-refractivity contribution < 1.29 is 14.9 Å². The van der Waals surface area contributed by atoms with Crippen LogP contribution in [0.4, 0.5) is 0 Å². The van der Waals surface area contributed by atoms with Gasteiger partial charge in [0.25, 0.3) is 0 Å². The molecule has 0 amide bonds. The minimum absolute atomic E-state index is 0.0829. The number of phenols is 1. The fraction of sp³-hybridized carbons (Fsp3) is 0.600. The van der Waals surface area contributed by atoms with E-state index >= 15 is 0 Å². The van der Waals surface area contributed by atoms with E-state index in [2.05, 4.69) is 0 Å². The predicted octanol–water partition coefficient (Wildman–Crippen LogP) is 2.78. The van der Waals surface area contributed by atoms with E-state index in [0.717, 1.165) is 40.8 Å². The summed E-state index contributed by atoms with van der Waals surface area (Å²) in [5, 5.41) is 19.5. The summed E-state index contributed by atoms with van der Waals surface area (Å²) in [4.78, 5) is 0. The van der Waals surface area contributed by atoms with Gasteiger partial charge in [0, 0.05) is 12.0 Å². The van der Waals surface area contributed by atoms with Crippen molar-refractivity contribution in [1.29, 1.82) is 0 Å². The third kappa shape index (κ3) is 2.19. The van der Waals surface area contributed by atoms with Gasteiger partial charge in [0.05, 0.1) is 6.10 Å². The van der Waals surface area contributed by atoms with Crippen LogP contribution in [-0.2, 0) is 6.42 Å². The Balaban J connectivity index is 2.38. The van der Waals surface area contributed by atoms with E-state index in [1.165, 1.54) is 0 Å². The number of hydrogen-bond donors (Lipinski definition) is 2. The average Bonchev–Trinajstić information content (AvgIpc) is 2.33. The second kappa shape index (κ2) is 4.81. The van der Waals surface area contributed by atoms with E-state index in [4.69, 9.17) is 4.74 Å². The molecule has 3 nitrogen and oxygen atoms in total. The maximum atomic E-state index is 10.1. The molecule has 2 N–H and O–H groups in total. The first kappa shape index (κ1) is 13.2. The zero-order chi connectivity index (χ0) is 13.4. The standard InChI is InChI=1S/C15H22O3/c1-8(16)7-12-5-6-13-11(4)14(17)9(2)10(3)15(13)18-12/h8,12,16-17H,5-7H2,1-4H3. The highest BCUT2D eigenvalue weighted by Gasteiger charge is 2.26. The summed E-state index contributed by atoms with van der Waals surface area (Å²) in [6.07, 6.45) is 2.22. The number of aliphatic hydroxyl groups excluding tert-OH is 1. The number of rotatable bonds is 2. The van der Waals surface area contributed by atoms with Gasteiger partial charge in [0.1, 0.15) is 17.6 Å². The van der Waals surface area contributed by atoms with E-state index in [1.807, 2.05) is 20.8 Å². The lowest BCUT2D eigenvalue weighted by Crippen LogP contribution is -2.27. The van der Waals surface area contributed by atoms with Crippen molar-refractivity contribution in [3.63, 3.8) is 0 Å². The summed E-state index contributed by atoms with van der Waals surface area (Å²) in [5.41, 5.74) is 3.97. The molecule has 2 unspecified atom stereocenters. The van der Waals surface area contributed by atoms with Crippen molar-refractivity contribution in [2.24, 2.45) is 0 Å². The monoisotopic (exact) mass is 250 g/mol. The molecule has 1 aromatic rings. The summed E-state index contributed by atoms with van der Waals surface area (Å²) in [6, 6.07) is 0. The van der Waals surface area contributed by atoms with Gasteiger partial charge in [-0.05, 0) is 57.2 Å². The molecular weight excluding hydrogens is 228 g/mol. The summed E-state index contributed by atoms with van der Waals surface area (Å²) < 4.78 is 6.02. The van der Waals surface area contributed by atoms with Crippen molar-refractivity contribution in [2.75, 3.05) is 0 Å².